The molecule has 1 atom stereocenters. The zero-order chi connectivity index (χ0) is 14.5. The van der Waals surface area contributed by atoms with E-state index < -0.39 is 5.97 Å². The molecule has 0 aliphatic rings. The van der Waals surface area contributed by atoms with Gasteiger partial charge in [0.25, 0.3) is 0 Å². The molecule has 2 rings (SSSR count). The maximum Gasteiger partial charge on any atom is 0.361 e. The Morgan fingerprint density at radius 3 is 2.70 bits per heavy atom. The molecule has 0 saturated carbocycles. The van der Waals surface area contributed by atoms with Crippen LogP contribution in [0.3, 0.4) is 0 Å². The van der Waals surface area contributed by atoms with E-state index in [0.29, 0.717) is 12.4 Å². The number of nitrogens with zero attached hydrogens (tertiary/aromatic N) is 1. The van der Waals surface area contributed by atoms with Gasteiger partial charge in [0.15, 0.2) is 17.8 Å². The highest BCUT2D eigenvalue weighted by molar-refractivity contribution is 5.93. The van der Waals surface area contributed by atoms with Crippen LogP contribution in [0.25, 0.3) is 11.3 Å². The Bertz CT molecular complexity index is 574. The second-order valence-corrected chi connectivity index (χ2v) is 4.57. The molecule has 0 bridgehead atoms. The SMILES string of the molecule is COC[C@H](C)OC(=O)c1ncoc1-c1ccc(C)cc1. The van der Waals surface area contributed by atoms with Crippen molar-refractivity contribution in [2.75, 3.05) is 13.7 Å². The van der Waals surface area contributed by atoms with Crippen LogP contribution in [-0.2, 0) is 9.47 Å². The molecule has 20 heavy (non-hydrogen) atoms. The summed E-state index contributed by atoms with van der Waals surface area (Å²) in [5.74, 6) is -0.0986. The highest BCUT2D eigenvalue weighted by Gasteiger charge is 2.21. The van der Waals surface area contributed by atoms with E-state index in [1.165, 1.54) is 6.39 Å². The third-order valence-electron chi connectivity index (χ3n) is 2.78. The topological polar surface area (TPSA) is 61.6 Å². The predicted octanol–water partition coefficient (Wildman–Crippen LogP) is 2.84. The molecule has 0 spiro atoms. The second kappa shape index (κ2) is 6.34. The van der Waals surface area contributed by atoms with Gasteiger partial charge in [-0.2, -0.15) is 0 Å². The number of carbonyl (C=O) groups is 1. The number of esters is 1. The van der Waals surface area contributed by atoms with Gasteiger partial charge in [-0.25, -0.2) is 9.78 Å². The Balaban J connectivity index is 2.20. The van der Waals surface area contributed by atoms with Crippen LogP contribution in [0.2, 0.25) is 0 Å². The fourth-order valence-electron chi connectivity index (χ4n) is 1.81. The van der Waals surface area contributed by atoms with Crippen molar-refractivity contribution in [3.63, 3.8) is 0 Å². The maximum absolute atomic E-state index is 12.1. The number of hydrogen-bond acceptors (Lipinski definition) is 5. The lowest BCUT2D eigenvalue weighted by Gasteiger charge is -2.11. The van der Waals surface area contributed by atoms with Crippen molar-refractivity contribution in [2.45, 2.75) is 20.0 Å². The summed E-state index contributed by atoms with van der Waals surface area (Å²) in [5, 5.41) is 0. The summed E-state index contributed by atoms with van der Waals surface area (Å²) in [6.45, 7) is 4.09. The van der Waals surface area contributed by atoms with Crippen LogP contribution in [0.5, 0.6) is 0 Å². The summed E-state index contributed by atoms with van der Waals surface area (Å²) in [7, 11) is 1.55. The summed E-state index contributed by atoms with van der Waals surface area (Å²) >= 11 is 0. The van der Waals surface area contributed by atoms with Gasteiger partial charge in [0.2, 0.25) is 0 Å². The minimum atomic E-state index is -0.515. The van der Waals surface area contributed by atoms with E-state index in [1.807, 2.05) is 31.2 Å². The Morgan fingerprint density at radius 2 is 2.05 bits per heavy atom. The lowest BCUT2D eigenvalue weighted by molar-refractivity contribution is 0.0115. The quantitative estimate of drug-likeness (QED) is 0.785. The average molecular weight is 275 g/mol. The van der Waals surface area contributed by atoms with Gasteiger partial charge >= 0.3 is 5.97 Å². The van der Waals surface area contributed by atoms with Crippen molar-refractivity contribution in [1.82, 2.24) is 4.98 Å². The van der Waals surface area contributed by atoms with Crippen LogP contribution in [0.15, 0.2) is 35.1 Å². The Labute approximate surface area is 117 Å². The van der Waals surface area contributed by atoms with Crippen LogP contribution in [0, 0.1) is 6.92 Å². The standard InChI is InChI=1S/C15H17NO4/c1-10-4-6-12(7-5-10)14-13(16-9-19-14)15(17)20-11(2)8-18-3/h4-7,9,11H,8H2,1-3H3/t11-/m0/s1. The molecule has 0 N–H and O–H groups in total. The molecule has 0 unspecified atom stereocenters. The van der Waals surface area contributed by atoms with E-state index in [1.54, 1.807) is 14.0 Å². The molecule has 0 aliphatic carbocycles. The molecule has 1 aromatic carbocycles. The van der Waals surface area contributed by atoms with E-state index in [2.05, 4.69) is 4.98 Å². The normalized spacial score (nSPS) is 12.2. The van der Waals surface area contributed by atoms with E-state index in [0.717, 1.165) is 11.1 Å². The number of benzene rings is 1. The van der Waals surface area contributed by atoms with Crippen molar-refractivity contribution >= 4 is 5.97 Å². The summed E-state index contributed by atoms with van der Waals surface area (Å²) in [6, 6.07) is 7.65. The third-order valence-corrected chi connectivity index (χ3v) is 2.78. The number of rotatable bonds is 5. The minimum absolute atomic E-state index is 0.178. The van der Waals surface area contributed by atoms with Gasteiger partial charge in [0.05, 0.1) is 6.61 Å². The second-order valence-electron chi connectivity index (χ2n) is 4.57. The number of oxazole rings is 1. The number of aromatic nitrogens is 1. The molecule has 5 nitrogen and oxygen atoms in total. The molecule has 0 aliphatic heterocycles. The highest BCUT2D eigenvalue weighted by atomic mass is 16.6. The van der Waals surface area contributed by atoms with Gasteiger partial charge in [-0.1, -0.05) is 29.8 Å². The average Bonchev–Trinajstić information content (AvgIpc) is 2.89. The van der Waals surface area contributed by atoms with E-state index in [9.17, 15) is 4.79 Å². The predicted molar refractivity (Wildman–Crippen MR) is 73.4 cm³/mol. The molecule has 5 heteroatoms. The summed E-state index contributed by atoms with van der Waals surface area (Å²) < 4.78 is 15.5. The largest absolute Gasteiger partial charge is 0.455 e. The van der Waals surface area contributed by atoms with Crippen molar-refractivity contribution in [3.8, 4) is 11.3 Å². The van der Waals surface area contributed by atoms with E-state index in [4.69, 9.17) is 13.9 Å². The van der Waals surface area contributed by atoms with Crippen molar-refractivity contribution < 1.29 is 18.7 Å². The van der Waals surface area contributed by atoms with E-state index >= 15 is 0 Å². The van der Waals surface area contributed by atoms with Crippen LogP contribution in [0.1, 0.15) is 23.0 Å². The van der Waals surface area contributed by atoms with Crippen molar-refractivity contribution in [1.29, 1.82) is 0 Å². The van der Waals surface area contributed by atoms with Crippen LogP contribution in [-0.4, -0.2) is 30.8 Å². The van der Waals surface area contributed by atoms with E-state index in [-0.39, 0.29) is 11.8 Å². The Morgan fingerprint density at radius 1 is 1.35 bits per heavy atom. The number of ether oxygens (including phenoxy) is 2. The molecule has 1 heterocycles. The summed E-state index contributed by atoms with van der Waals surface area (Å²) in [4.78, 5) is 16.0. The zero-order valence-corrected chi connectivity index (χ0v) is 11.8. The fraction of sp³-hybridized carbons (Fsp3) is 0.333. The molecule has 2 aromatic rings. The number of hydrogen-bond donors (Lipinski definition) is 0. The molecular formula is C15H17NO4. The van der Waals surface area contributed by atoms with Crippen molar-refractivity contribution in [2.24, 2.45) is 0 Å². The van der Waals surface area contributed by atoms with Gasteiger partial charge in [-0.05, 0) is 13.8 Å². The van der Waals surface area contributed by atoms with Gasteiger partial charge in [-0.15, -0.1) is 0 Å². The smallest absolute Gasteiger partial charge is 0.361 e. The Hall–Kier alpha value is -2.14. The van der Waals surface area contributed by atoms with Gasteiger partial charge in [0.1, 0.15) is 6.10 Å². The fourth-order valence-corrected chi connectivity index (χ4v) is 1.81. The van der Waals surface area contributed by atoms with Gasteiger partial charge < -0.3 is 13.9 Å². The molecule has 0 radical (unpaired) electrons. The summed E-state index contributed by atoms with van der Waals surface area (Å²) in [5.41, 5.74) is 2.10. The lowest BCUT2D eigenvalue weighted by atomic mass is 10.1. The summed E-state index contributed by atoms with van der Waals surface area (Å²) in [6.07, 6.45) is 0.905. The molecule has 0 amide bonds. The first-order valence-corrected chi connectivity index (χ1v) is 6.32. The highest BCUT2D eigenvalue weighted by Crippen LogP contribution is 2.24. The maximum atomic E-state index is 12.1. The Kier molecular flexibility index (Phi) is 4.53. The molecule has 0 fully saturated rings. The first-order valence-electron chi connectivity index (χ1n) is 6.32. The third kappa shape index (κ3) is 3.24. The first-order chi connectivity index (χ1) is 9.61. The zero-order valence-electron chi connectivity index (χ0n) is 11.8. The number of methoxy groups -OCH3 is 1. The van der Waals surface area contributed by atoms with Crippen LogP contribution >= 0.6 is 0 Å². The van der Waals surface area contributed by atoms with Crippen LogP contribution < -0.4 is 0 Å². The molecule has 106 valence electrons. The number of carbonyl (C=O) groups excluding carboxylic acids is 1. The lowest BCUT2D eigenvalue weighted by Crippen LogP contribution is -2.20. The van der Waals surface area contributed by atoms with Gasteiger partial charge in [-0.3, -0.25) is 0 Å². The first kappa shape index (κ1) is 14.3. The molecule has 0 saturated heterocycles. The van der Waals surface area contributed by atoms with Crippen LogP contribution in [0.4, 0.5) is 0 Å². The number of aryl methyl sites for hydroxylation is 1. The molecule has 1 aromatic heterocycles. The minimum Gasteiger partial charge on any atom is -0.455 e. The molecular weight excluding hydrogens is 258 g/mol. The van der Waals surface area contributed by atoms with Crippen molar-refractivity contribution in [3.05, 3.63) is 41.9 Å². The monoisotopic (exact) mass is 275 g/mol. The van der Waals surface area contributed by atoms with Gasteiger partial charge in [0, 0.05) is 12.7 Å².